The fourth-order valence-corrected chi connectivity index (χ4v) is 5.88. The number of hydrogen-bond donors (Lipinski definition) is 2. The first-order valence-corrected chi connectivity index (χ1v) is 12.6. The van der Waals surface area contributed by atoms with Gasteiger partial charge < -0.3 is 20.1 Å². The SMILES string of the molecule is CN(C(=O)c1cc2c(F)cc(F)cc2[nH]1)C(CC1CC1)C(=O)N1C[C@]2(C[C@H]1C#N)C(=O)Nc1ccccc12. The van der Waals surface area contributed by atoms with Crippen LogP contribution in [0.3, 0.4) is 0 Å². The predicted molar refractivity (Wildman–Crippen MR) is 134 cm³/mol. The molecule has 1 saturated heterocycles. The number of likely N-dealkylation sites (N-methyl/N-ethyl adjacent to an activating group) is 1. The van der Waals surface area contributed by atoms with E-state index in [9.17, 15) is 28.4 Å². The summed E-state index contributed by atoms with van der Waals surface area (Å²) in [6.45, 7) is 0.0347. The number of aromatic nitrogens is 1. The minimum atomic E-state index is -1.03. The Kier molecular flexibility index (Phi) is 5.49. The van der Waals surface area contributed by atoms with Crippen LogP contribution in [0.5, 0.6) is 0 Å². The molecule has 2 aliphatic heterocycles. The van der Waals surface area contributed by atoms with Crippen molar-refractivity contribution in [2.75, 3.05) is 18.9 Å². The number of halogens is 2. The minimum absolute atomic E-state index is 0.0272. The van der Waals surface area contributed by atoms with Crippen LogP contribution < -0.4 is 5.32 Å². The third-order valence-corrected chi connectivity index (χ3v) is 8.13. The molecule has 194 valence electrons. The number of hydrogen-bond acceptors (Lipinski definition) is 4. The number of fused-ring (bicyclic) bond motifs is 3. The minimum Gasteiger partial charge on any atom is -0.350 e. The Hall–Kier alpha value is -4.26. The van der Waals surface area contributed by atoms with Crippen molar-refractivity contribution >= 4 is 34.3 Å². The zero-order valence-electron chi connectivity index (χ0n) is 20.6. The van der Waals surface area contributed by atoms with E-state index >= 15 is 0 Å². The number of rotatable bonds is 5. The summed E-state index contributed by atoms with van der Waals surface area (Å²) in [7, 11) is 1.50. The summed E-state index contributed by atoms with van der Waals surface area (Å²) in [5, 5.41) is 12.9. The summed E-state index contributed by atoms with van der Waals surface area (Å²) in [6.07, 6.45) is 2.45. The van der Waals surface area contributed by atoms with Crippen LogP contribution in [0.4, 0.5) is 14.5 Å². The molecule has 3 atom stereocenters. The van der Waals surface area contributed by atoms with E-state index in [0.29, 0.717) is 12.1 Å². The molecule has 8 nitrogen and oxygen atoms in total. The Labute approximate surface area is 217 Å². The molecule has 1 spiro atoms. The van der Waals surface area contributed by atoms with Crippen LogP contribution in [0, 0.1) is 28.9 Å². The molecule has 3 aliphatic rings. The van der Waals surface area contributed by atoms with Crippen molar-refractivity contribution in [2.24, 2.45) is 5.92 Å². The highest BCUT2D eigenvalue weighted by molar-refractivity contribution is 6.07. The van der Waals surface area contributed by atoms with E-state index in [1.54, 1.807) is 6.07 Å². The van der Waals surface area contributed by atoms with Gasteiger partial charge in [0.05, 0.1) is 17.0 Å². The number of amides is 3. The van der Waals surface area contributed by atoms with Crippen LogP contribution >= 0.6 is 0 Å². The fraction of sp³-hybridized carbons (Fsp3) is 0.357. The highest BCUT2D eigenvalue weighted by Crippen LogP contribution is 2.47. The van der Waals surface area contributed by atoms with Gasteiger partial charge in [-0.05, 0) is 36.1 Å². The lowest BCUT2D eigenvalue weighted by atomic mass is 9.80. The van der Waals surface area contributed by atoms with Crippen molar-refractivity contribution in [3.63, 3.8) is 0 Å². The monoisotopic (exact) mass is 517 g/mol. The molecule has 3 heterocycles. The van der Waals surface area contributed by atoms with Gasteiger partial charge in [0.15, 0.2) is 0 Å². The van der Waals surface area contributed by atoms with Crippen molar-refractivity contribution in [1.82, 2.24) is 14.8 Å². The number of nitrogens with one attached hydrogen (secondary N) is 2. The van der Waals surface area contributed by atoms with Gasteiger partial charge in [0, 0.05) is 37.2 Å². The number of likely N-dealkylation sites (tertiary alicyclic amines) is 1. The number of aromatic amines is 1. The maximum absolute atomic E-state index is 14.3. The Bertz CT molecular complexity index is 1540. The molecule has 1 aromatic heterocycles. The van der Waals surface area contributed by atoms with Gasteiger partial charge in [-0.1, -0.05) is 31.0 Å². The number of anilines is 1. The van der Waals surface area contributed by atoms with E-state index in [1.807, 2.05) is 18.2 Å². The van der Waals surface area contributed by atoms with Gasteiger partial charge in [-0.2, -0.15) is 5.26 Å². The van der Waals surface area contributed by atoms with Crippen molar-refractivity contribution in [3.05, 3.63) is 65.4 Å². The molecule has 3 aromatic rings. The molecule has 2 N–H and O–H groups in total. The quantitative estimate of drug-likeness (QED) is 0.538. The second-order valence-corrected chi connectivity index (χ2v) is 10.5. The first kappa shape index (κ1) is 24.1. The van der Waals surface area contributed by atoms with E-state index in [2.05, 4.69) is 16.4 Å². The van der Waals surface area contributed by atoms with Crippen LogP contribution in [0.25, 0.3) is 10.9 Å². The molecular formula is C28H25F2N5O3. The summed E-state index contributed by atoms with van der Waals surface area (Å²) in [6, 6.07) is 10.9. The maximum Gasteiger partial charge on any atom is 0.270 e. The Balaban J connectivity index is 1.31. The van der Waals surface area contributed by atoms with E-state index in [4.69, 9.17) is 0 Å². The molecule has 1 unspecified atom stereocenters. The largest absolute Gasteiger partial charge is 0.350 e. The molecule has 1 saturated carbocycles. The molecule has 6 rings (SSSR count). The van der Waals surface area contributed by atoms with Gasteiger partial charge in [-0.3, -0.25) is 14.4 Å². The summed E-state index contributed by atoms with van der Waals surface area (Å²) >= 11 is 0. The van der Waals surface area contributed by atoms with Crippen LogP contribution in [0.1, 0.15) is 41.7 Å². The van der Waals surface area contributed by atoms with Gasteiger partial charge in [-0.15, -0.1) is 0 Å². The number of carbonyl (C=O) groups excluding carboxylic acids is 3. The van der Waals surface area contributed by atoms with Crippen molar-refractivity contribution < 1.29 is 23.2 Å². The summed E-state index contributed by atoms with van der Waals surface area (Å²) in [4.78, 5) is 46.1. The van der Waals surface area contributed by atoms with Gasteiger partial charge in [0.25, 0.3) is 5.91 Å². The molecule has 2 fully saturated rings. The Morgan fingerprint density at radius 1 is 1.24 bits per heavy atom. The Morgan fingerprint density at radius 2 is 2.00 bits per heavy atom. The average Bonchev–Trinajstić information content (AvgIpc) is 3.37. The third-order valence-electron chi connectivity index (χ3n) is 8.13. The molecule has 1 aliphatic carbocycles. The number of H-pyrrole nitrogens is 1. The molecule has 38 heavy (non-hydrogen) atoms. The van der Waals surface area contributed by atoms with E-state index in [-0.39, 0.29) is 41.4 Å². The van der Waals surface area contributed by atoms with Crippen molar-refractivity contribution in [1.29, 1.82) is 5.26 Å². The third kappa shape index (κ3) is 3.72. The molecule has 3 amide bonds. The smallest absolute Gasteiger partial charge is 0.270 e. The summed E-state index contributed by atoms with van der Waals surface area (Å²) < 4.78 is 27.9. The average molecular weight is 518 g/mol. The number of benzene rings is 2. The number of nitrogens with zero attached hydrogens (tertiary/aromatic N) is 3. The predicted octanol–water partition coefficient (Wildman–Crippen LogP) is 3.70. The second-order valence-electron chi connectivity index (χ2n) is 10.5. The van der Waals surface area contributed by atoms with Gasteiger partial charge >= 0.3 is 0 Å². The zero-order valence-corrected chi connectivity index (χ0v) is 20.6. The lowest BCUT2D eigenvalue weighted by molar-refractivity contribution is -0.136. The van der Waals surface area contributed by atoms with E-state index in [0.717, 1.165) is 30.5 Å². The first-order chi connectivity index (χ1) is 18.2. The van der Waals surface area contributed by atoms with Gasteiger partial charge in [0.2, 0.25) is 11.8 Å². The van der Waals surface area contributed by atoms with Gasteiger partial charge in [0.1, 0.15) is 29.4 Å². The number of nitriles is 1. The normalized spacial score (nSPS) is 22.8. The molecule has 0 radical (unpaired) electrons. The van der Waals surface area contributed by atoms with Gasteiger partial charge in [-0.25, -0.2) is 8.78 Å². The number of carbonyl (C=O) groups is 3. The lowest BCUT2D eigenvalue weighted by Crippen LogP contribution is -2.51. The van der Waals surface area contributed by atoms with Crippen LogP contribution in [0.15, 0.2) is 42.5 Å². The van der Waals surface area contributed by atoms with E-state index < -0.39 is 40.9 Å². The van der Waals surface area contributed by atoms with Crippen LogP contribution in [-0.4, -0.2) is 58.2 Å². The second kappa shape index (κ2) is 8.65. The molecule has 0 bridgehead atoms. The summed E-state index contributed by atoms with van der Waals surface area (Å²) in [5.74, 6) is -2.49. The van der Waals surface area contributed by atoms with Crippen LogP contribution in [0.2, 0.25) is 0 Å². The van der Waals surface area contributed by atoms with Crippen molar-refractivity contribution in [2.45, 2.75) is 43.2 Å². The first-order valence-electron chi connectivity index (χ1n) is 12.6. The number of para-hydroxylation sites is 1. The highest BCUT2D eigenvalue weighted by atomic mass is 19.1. The molecule has 10 heteroatoms. The molecule has 2 aromatic carbocycles. The van der Waals surface area contributed by atoms with E-state index in [1.165, 1.54) is 22.9 Å². The Morgan fingerprint density at radius 3 is 2.74 bits per heavy atom. The summed E-state index contributed by atoms with van der Waals surface area (Å²) in [5.41, 5.74) is 0.572. The highest BCUT2D eigenvalue weighted by Gasteiger charge is 2.57. The fourth-order valence-electron chi connectivity index (χ4n) is 5.88. The lowest BCUT2D eigenvalue weighted by Gasteiger charge is -2.32. The zero-order chi connectivity index (χ0) is 26.8. The van der Waals surface area contributed by atoms with Crippen LogP contribution in [-0.2, 0) is 15.0 Å². The van der Waals surface area contributed by atoms with Crippen molar-refractivity contribution in [3.8, 4) is 6.07 Å². The maximum atomic E-state index is 14.3. The standard InChI is InChI=1S/C28H25F2N5O3/c1-34(25(36)23-11-18-20(30)9-16(29)10-22(18)32-23)24(8-15-6-7-15)26(37)35-14-28(12-17(35)13-31)19-4-2-3-5-21(19)33-27(28)38/h2-5,9-11,15,17,24,32H,6-8,12,14H2,1H3,(H,33,38)/t17-,24?,28-/m0/s1. The topological polar surface area (TPSA) is 109 Å². The molecular weight excluding hydrogens is 492 g/mol.